The summed E-state index contributed by atoms with van der Waals surface area (Å²) < 4.78 is 0. The van der Waals surface area contributed by atoms with E-state index in [2.05, 4.69) is 24.4 Å². The summed E-state index contributed by atoms with van der Waals surface area (Å²) in [5.74, 6) is -4.86. The van der Waals surface area contributed by atoms with Gasteiger partial charge in [-0.25, -0.2) is 0 Å². The maximum absolute atomic E-state index is 13.0. The number of aliphatic carboxylic acids is 3. The van der Waals surface area contributed by atoms with Gasteiger partial charge in [-0.1, -0.05) is 68.4 Å². The maximum atomic E-state index is 13.0. The minimum absolute atomic E-state index is 0.0429. The summed E-state index contributed by atoms with van der Waals surface area (Å²) in [5, 5.41) is 39.8. The van der Waals surface area contributed by atoms with Crippen LogP contribution in [0, 0.1) is 0 Å². The van der Waals surface area contributed by atoms with Crippen molar-refractivity contribution in [1.29, 1.82) is 0 Å². The smallest absolute Gasteiger partial charge is 0.323 e. The average molecular weight is 640 g/mol. The third-order valence-corrected chi connectivity index (χ3v) is 7.67. The molecular weight excluding hydrogens is 590 g/mol. The number of allylic oxidation sites excluding steroid dienone is 7. The molecule has 0 fully saturated rings. The molecular formula is C31H49N3O9S. The van der Waals surface area contributed by atoms with Gasteiger partial charge in [0.15, 0.2) is 0 Å². The zero-order valence-electron chi connectivity index (χ0n) is 25.7. The number of rotatable bonds is 25. The molecule has 0 saturated carbocycles. The van der Waals surface area contributed by atoms with Crippen molar-refractivity contribution < 1.29 is 44.4 Å². The van der Waals surface area contributed by atoms with Gasteiger partial charge in [0.1, 0.15) is 18.6 Å². The fourth-order valence-corrected chi connectivity index (χ4v) is 4.99. The van der Waals surface area contributed by atoms with E-state index in [1.54, 1.807) is 18.2 Å². The number of carbonyl (C=O) groups is 5. The van der Waals surface area contributed by atoms with E-state index in [4.69, 9.17) is 21.1 Å². The molecule has 4 atom stereocenters. The molecule has 0 rings (SSSR count). The first-order valence-electron chi connectivity index (χ1n) is 14.8. The Balaban J connectivity index is 5.52. The molecule has 2 amide bonds. The Morgan fingerprint density at radius 2 is 1.59 bits per heavy atom. The van der Waals surface area contributed by atoms with E-state index in [-0.39, 0.29) is 37.9 Å². The average Bonchev–Trinajstić information content (AvgIpc) is 2.96. The van der Waals surface area contributed by atoms with Crippen molar-refractivity contribution >= 4 is 41.5 Å². The number of unbranched alkanes of at least 4 members (excludes halogenated alkanes) is 3. The van der Waals surface area contributed by atoms with Gasteiger partial charge in [0.2, 0.25) is 11.8 Å². The second kappa shape index (κ2) is 25.0. The van der Waals surface area contributed by atoms with Gasteiger partial charge in [0, 0.05) is 30.9 Å². The first-order chi connectivity index (χ1) is 20.9. The Hall–Kier alpha value is -3.42. The molecule has 7 N–H and O–H groups in total. The van der Waals surface area contributed by atoms with Crippen molar-refractivity contribution in [2.75, 3.05) is 19.3 Å². The fourth-order valence-electron chi connectivity index (χ4n) is 3.79. The van der Waals surface area contributed by atoms with Crippen LogP contribution in [0.15, 0.2) is 48.6 Å². The highest BCUT2D eigenvalue weighted by atomic mass is 32.2. The summed E-state index contributed by atoms with van der Waals surface area (Å²) in [4.78, 5) is 59.5. The fraction of sp³-hybridized carbons (Fsp3) is 0.581. The van der Waals surface area contributed by atoms with Gasteiger partial charge < -0.3 is 36.4 Å². The van der Waals surface area contributed by atoms with E-state index in [1.807, 2.05) is 18.2 Å². The van der Waals surface area contributed by atoms with Crippen LogP contribution in [0.1, 0.15) is 71.1 Å². The first-order valence-corrected chi connectivity index (χ1v) is 15.8. The Kier molecular flexibility index (Phi) is 23.0. The van der Waals surface area contributed by atoms with E-state index in [0.29, 0.717) is 0 Å². The van der Waals surface area contributed by atoms with Gasteiger partial charge in [-0.05, 0) is 38.5 Å². The molecule has 0 aromatic carbocycles. The standard InChI is InChI=1S/C31H49N3O9S/c1-3-4-5-6-7-8-9-10-11-12-13-14-17-26(25(35)16-15-18-28(37)38)44-22-24(30(41)34(2)21-29(39)40)33-27(36)20-19-23(32)31(42)43/h7-8,10-14,17,23-26,35H,3-6,9,15-16,18-22,32H2,1-2H3,(H,33,36)(H,37,38)(H,39,40)(H,42,43)/b8-7-,11-10-,13-12+,17-14+/t23-,24-,25-,26+/m0/s1. The minimum atomic E-state index is -1.27. The van der Waals surface area contributed by atoms with Crippen LogP contribution < -0.4 is 11.1 Å². The summed E-state index contributed by atoms with van der Waals surface area (Å²) in [6.07, 6.45) is 19.6. The van der Waals surface area contributed by atoms with Crippen LogP contribution in [0.5, 0.6) is 0 Å². The lowest BCUT2D eigenvalue weighted by Gasteiger charge is -2.26. The zero-order chi connectivity index (χ0) is 33.3. The molecule has 0 aliphatic heterocycles. The van der Waals surface area contributed by atoms with Crippen molar-refractivity contribution in [3.63, 3.8) is 0 Å². The number of nitrogens with one attached hydrogen (secondary N) is 1. The van der Waals surface area contributed by atoms with Crippen molar-refractivity contribution in [3.8, 4) is 0 Å². The Morgan fingerprint density at radius 3 is 2.23 bits per heavy atom. The summed E-state index contributed by atoms with van der Waals surface area (Å²) >= 11 is 1.14. The molecule has 0 unspecified atom stereocenters. The van der Waals surface area contributed by atoms with Gasteiger partial charge in [0.05, 0.1) is 6.10 Å². The van der Waals surface area contributed by atoms with Crippen LogP contribution in [0.3, 0.4) is 0 Å². The molecule has 0 aliphatic rings. The van der Waals surface area contributed by atoms with Crippen LogP contribution >= 0.6 is 11.8 Å². The molecule has 12 nitrogen and oxygen atoms in total. The number of thioether (sulfide) groups is 1. The van der Waals surface area contributed by atoms with Crippen LogP contribution in [0.4, 0.5) is 0 Å². The molecule has 44 heavy (non-hydrogen) atoms. The number of carbonyl (C=O) groups excluding carboxylic acids is 2. The van der Waals surface area contributed by atoms with E-state index in [0.717, 1.165) is 29.5 Å². The molecule has 0 aliphatic carbocycles. The summed E-state index contributed by atoms with van der Waals surface area (Å²) in [7, 11) is 1.28. The zero-order valence-corrected chi connectivity index (χ0v) is 26.5. The number of likely N-dealkylation sites (N-methyl/N-ethyl adjacent to an activating group) is 1. The van der Waals surface area contributed by atoms with Crippen molar-refractivity contribution in [2.45, 2.75) is 94.6 Å². The number of carboxylic acid groups (broad SMARTS) is 3. The highest BCUT2D eigenvalue weighted by Crippen LogP contribution is 2.22. The number of hydrogen-bond acceptors (Lipinski definition) is 8. The number of nitrogens with zero attached hydrogens (tertiary/aromatic N) is 1. The van der Waals surface area contributed by atoms with E-state index >= 15 is 0 Å². The van der Waals surface area contributed by atoms with Gasteiger partial charge in [-0.2, -0.15) is 0 Å². The third kappa shape index (κ3) is 21.3. The molecule has 0 heterocycles. The minimum Gasteiger partial charge on any atom is -0.481 e. The van der Waals surface area contributed by atoms with Crippen LogP contribution in [-0.2, 0) is 24.0 Å². The Labute approximate surface area is 264 Å². The van der Waals surface area contributed by atoms with Gasteiger partial charge in [0.25, 0.3) is 0 Å². The Morgan fingerprint density at radius 1 is 0.886 bits per heavy atom. The number of carboxylic acids is 3. The SMILES string of the molecule is CCCCC/C=C\C\C=C/C=C/C=C/[C@@H](SC[C@H](NC(=O)CC[C@H](N)C(=O)O)C(=O)N(C)CC(=O)O)[C@@H](O)CCCC(=O)O. The second-order valence-corrected chi connectivity index (χ2v) is 11.5. The van der Waals surface area contributed by atoms with Crippen LogP contribution in [0.2, 0.25) is 0 Å². The Bertz CT molecular complexity index is 1010. The van der Waals surface area contributed by atoms with E-state index in [9.17, 15) is 29.1 Å². The number of amides is 2. The summed E-state index contributed by atoms with van der Waals surface area (Å²) in [6, 6.07) is -2.43. The van der Waals surface area contributed by atoms with Gasteiger partial charge in [-0.3, -0.25) is 24.0 Å². The van der Waals surface area contributed by atoms with Crippen LogP contribution in [0.25, 0.3) is 0 Å². The van der Waals surface area contributed by atoms with E-state index < -0.39 is 59.7 Å². The highest BCUT2D eigenvalue weighted by Gasteiger charge is 2.28. The molecule has 0 spiro atoms. The van der Waals surface area contributed by atoms with Crippen molar-refractivity contribution in [1.82, 2.24) is 10.2 Å². The lowest BCUT2D eigenvalue weighted by atomic mass is 10.1. The van der Waals surface area contributed by atoms with Crippen molar-refractivity contribution in [3.05, 3.63) is 48.6 Å². The molecule has 0 bridgehead atoms. The van der Waals surface area contributed by atoms with Gasteiger partial charge >= 0.3 is 17.9 Å². The molecule has 13 heteroatoms. The second-order valence-electron chi connectivity index (χ2n) is 10.2. The van der Waals surface area contributed by atoms with Crippen LogP contribution in [-0.4, -0.2) is 97.8 Å². The van der Waals surface area contributed by atoms with Crippen molar-refractivity contribution in [2.24, 2.45) is 5.73 Å². The number of aliphatic hydroxyl groups is 1. The third-order valence-electron chi connectivity index (χ3n) is 6.29. The monoisotopic (exact) mass is 639 g/mol. The number of nitrogens with two attached hydrogens (primary N) is 1. The molecule has 0 aromatic heterocycles. The predicted octanol–water partition coefficient (Wildman–Crippen LogP) is 3.12. The lowest BCUT2D eigenvalue weighted by Crippen LogP contribution is -2.50. The van der Waals surface area contributed by atoms with Gasteiger partial charge in [-0.15, -0.1) is 11.8 Å². The summed E-state index contributed by atoms with van der Waals surface area (Å²) in [6.45, 7) is 1.57. The molecule has 0 aromatic rings. The quantitative estimate of drug-likeness (QED) is 0.0486. The predicted molar refractivity (Wildman–Crippen MR) is 171 cm³/mol. The number of aliphatic hydroxyl groups excluding tert-OH is 1. The molecule has 0 saturated heterocycles. The normalized spacial score (nSPS) is 14.6. The first kappa shape index (κ1) is 40.6. The van der Waals surface area contributed by atoms with E-state index in [1.165, 1.54) is 26.3 Å². The number of hydrogen-bond donors (Lipinski definition) is 6. The maximum Gasteiger partial charge on any atom is 0.323 e. The highest BCUT2D eigenvalue weighted by molar-refractivity contribution is 8.00. The topological polar surface area (TPSA) is 208 Å². The molecule has 248 valence electrons. The summed E-state index contributed by atoms with van der Waals surface area (Å²) in [5.41, 5.74) is 5.46. The largest absolute Gasteiger partial charge is 0.481 e. The lowest BCUT2D eigenvalue weighted by molar-refractivity contribution is -0.144. The molecule has 0 radical (unpaired) electrons.